The molecule has 4 heteroatoms. The largest absolute Gasteiger partial charge is 0.339 e. The van der Waals surface area contributed by atoms with Gasteiger partial charge < -0.3 is 10.6 Å². The Bertz CT molecular complexity index is 407. The summed E-state index contributed by atoms with van der Waals surface area (Å²) in [6, 6.07) is 4.14. The zero-order valence-corrected chi connectivity index (χ0v) is 11.6. The predicted molar refractivity (Wildman–Crippen MR) is 75.5 cm³/mol. The van der Waals surface area contributed by atoms with Gasteiger partial charge >= 0.3 is 0 Å². The first-order valence-corrected chi connectivity index (χ1v) is 7.14. The van der Waals surface area contributed by atoms with Crippen LogP contribution in [0, 0.1) is 5.92 Å². The molecule has 0 radical (unpaired) electrons. The van der Waals surface area contributed by atoms with E-state index in [4.69, 9.17) is 5.73 Å². The maximum absolute atomic E-state index is 12.5. The van der Waals surface area contributed by atoms with Gasteiger partial charge in [-0.05, 0) is 49.9 Å². The number of nitrogens with zero attached hydrogens (tertiary/aromatic N) is 2. The van der Waals surface area contributed by atoms with E-state index in [1.807, 2.05) is 17.0 Å². The molecule has 4 nitrogen and oxygen atoms in total. The maximum Gasteiger partial charge on any atom is 0.227 e. The third-order valence-corrected chi connectivity index (χ3v) is 4.09. The number of nitrogens with two attached hydrogens (primary N) is 1. The first-order chi connectivity index (χ1) is 9.26. The Morgan fingerprint density at radius 3 is 2.79 bits per heavy atom. The minimum atomic E-state index is 0.207. The van der Waals surface area contributed by atoms with Gasteiger partial charge in [0.15, 0.2) is 0 Å². The third kappa shape index (κ3) is 3.32. The van der Waals surface area contributed by atoms with Gasteiger partial charge in [-0.2, -0.15) is 0 Å². The zero-order valence-electron chi connectivity index (χ0n) is 11.6. The summed E-state index contributed by atoms with van der Waals surface area (Å²) in [5.41, 5.74) is 6.85. The predicted octanol–water partition coefficient (Wildman–Crippen LogP) is 1.60. The lowest BCUT2D eigenvalue weighted by atomic mass is 10.0. The van der Waals surface area contributed by atoms with E-state index in [1.165, 1.54) is 6.42 Å². The molecule has 1 aromatic heterocycles. The molecular formula is C15H23N3O. The van der Waals surface area contributed by atoms with Crippen LogP contribution >= 0.6 is 0 Å². The van der Waals surface area contributed by atoms with Crippen molar-refractivity contribution in [2.75, 3.05) is 13.1 Å². The first-order valence-electron chi connectivity index (χ1n) is 7.14. The molecule has 2 unspecified atom stereocenters. The SMILES string of the molecule is CCN(C(=O)Cc1ccncc1)C1CCCC1CN. The summed E-state index contributed by atoms with van der Waals surface area (Å²) < 4.78 is 0. The first kappa shape index (κ1) is 14.0. The number of carbonyl (C=O) groups excluding carboxylic acids is 1. The van der Waals surface area contributed by atoms with E-state index >= 15 is 0 Å². The molecule has 1 aliphatic rings. The van der Waals surface area contributed by atoms with Crippen molar-refractivity contribution in [2.45, 2.75) is 38.6 Å². The standard InChI is InChI=1S/C15H23N3O/c1-2-18(14-5-3-4-13(14)11-16)15(19)10-12-6-8-17-9-7-12/h6-9,13-14H,2-5,10-11,16H2,1H3. The lowest BCUT2D eigenvalue weighted by molar-refractivity contribution is -0.133. The van der Waals surface area contributed by atoms with Gasteiger partial charge in [-0.3, -0.25) is 9.78 Å². The number of aromatic nitrogens is 1. The molecule has 1 saturated carbocycles. The van der Waals surface area contributed by atoms with Gasteiger partial charge in [-0.25, -0.2) is 0 Å². The van der Waals surface area contributed by atoms with E-state index < -0.39 is 0 Å². The quantitative estimate of drug-likeness (QED) is 0.876. The Morgan fingerprint density at radius 1 is 1.42 bits per heavy atom. The van der Waals surface area contributed by atoms with Crippen molar-refractivity contribution >= 4 is 5.91 Å². The highest BCUT2D eigenvalue weighted by molar-refractivity contribution is 5.79. The van der Waals surface area contributed by atoms with E-state index in [9.17, 15) is 4.79 Å². The molecule has 2 N–H and O–H groups in total. The molecule has 0 aromatic carbocycles. The molecule has 2 rings (SSSR count). The summed E-state index contributed by atoms with van der Waals surface area (Å²) in [5.74, 6) is 0.681. The fourth-order valence-electron chi connectivity index (χ4n) is 3.08. The van der Waals surface area contributed by atoms with Crippen LogP contribution in [0.2, 0.25) is 0 Å². The van der Waals surface area contributed by atoms with E-state index in [-0.39, 0.29) is 5.91 Å². The van der Waals surface area contributed by atoms with Crippen LogP contribution in [0.5, 0.6) is 0 Å². The second-order valence-corrected chi connectivity index (χ2v) is 5.21. The van der Waals surface area contributed by atoms with Crippen LogP contribution in [0.25, 0.3) is 0 Å². The van der Waals surface area contributed by atoms with Crippen LogP contribution in [0.3, 0.4) is 0 Å². The number of likely N-dealkylation sites (N-methyl/N-ethyl adjacent to an activating group) is 1. The Kier molecular flexibility index (Phi) is 4.91. The summed E-state index contributed by atoms with van der Waals surface area (Å²) >= 11 is 0. The van der Waals surface area contributed by atoms with E-state index in [0.29, 0.717) is 24.9 Å². The van der Waals surface area contributed by atoms with E-state index in [1.54, 1.807) is 12.4 Å². The highest BCUT2D eigenvalue weighted by Gasteiger charge is 2.32. The van der Waals surface area contributed by atoms with Gasteiger partial charge in [0.2, 0.25) is 5.91 Å². The molecule has 2 atom stereocenters. The van der Waals surface area contributed by atoms with Gasteiger partial charge in [-0.1, -0.05) is 6.42 Å². The molecule has 0 spiro atoms. The molecule has 0 saturated heterocycles. The summed E-state index contributed by atoms with van der Waals surface area (Å²) in [4.78, 5) is 18.5. The summed E-state index contributed by atoms with van der Waals surface area (Å²) in [5, 5.41) is 0. The van der Waals surface area contributed by atoms with Crippen LogP contribution in [-0.2, 0) is 11.2 Å². The van der Waals surface area contributed by atoms with Gasteiger partial charge in [0.1, 0.15) is 0 Å². The van der Waals surface area contributed by atoms with Crippen LogP contribution in [0.4, 0.5) is 0 Å². The van der Waals surface area contributed by atoms with Crippen molar-refractivity contribution in [1.29, 1.82) is 0 Å². The number of pyridine rings is 1. The van der Waals surface area contributed by atoms with Crippen LogP contribution in [-0.4, -0.2) is 34.9 Å². The minimum absolute atomic E-state index is 0.207. The molecule has 1 aromatic rings. The zero-order chi connectivity index (χ0) is 13.7. The molecule has 1 amide bonds. The number of amides is 1. The second-order valence-electron chi connectivity index (χ2n) is 5.21. The fraction of sp³-hybridized carbons (Fsp3) is 0.600. The highest BCUT2D eigenvalue weighted by Crippen LogP contribution is 2.29. The normalized spacial score (nSPS) is 22.4. The molecule has 19 heavy (non-hydrogen) atoms. The molecule has 1 fully saturated rings. The van der Waals surface area contributed by atoms with Crippen molar-refractivity contribution in [2.24, 2.45) is 11.7 Å². The summed E-state index contributed by atoms with van der Waals surface area (Å²) in [6.45, 7) is 3.51. The van der Waals surface area contributed by atoms with Gasteiger partial charge in [0, 0.05) is 25.0 Å². The number of carbonyl (C=O) groups is 1. The molecule has 0 aliphatic heterocycles. The lowest BCUT2D eigenvalue weighted by Crippen LogP contribution is -2.44. The Hall–Kier alpha value is -1.42. The van der Waals surface area contributed by atoms with Crippen LogP contribution < -0.4 is 5.73 Å². The van der Waals surface area contributed by atoms with Crippen molar-refractivity contribution < 1.29 is 4.79 Å². The van der Waals surface area contributed by atoms with E-state index in [2.05, 4.69) is 11.9 Å². The van der Waals surface area contributed by atoms with Gasteiger partial charge in [0.25, 0.3) is 0 Å². The molecule has 104 valence electrons. The van der Waals surface area contributed by atoms with E-state index in [0.717, 1.165) is 24.9 Å². The Morgan fingerprint density at radius 2 is 2.16 bits per heavy atom. The maximum atomic E-state index is 12.5. The fourth-order valence-corrected chi connectivity index (χ4v) is 3.08. The Labute approximate surface area is 115 Å². The third-order valence-electron chi connectivity index (χ3n) is 4.09. The minimum Gasteiger partial charge on any atom is -0.339 e. The second kappa shape index (κ2) is 6.66. The molecule has 0 bridgehead atoms. The van der Waals surface area contributed by atoms with Crippen molar-refractivity contribution in [1.82, 2.24) is 9.88 Å². The summed E-state index contributed by atoms with van der Waals surface area (Å²) in [7, 11) is 0. The average Bonchev–Trinajstić information content (AvgIpc) is 2.89. The van der Waals surface area contributed by atoms with Crippen molar-refractivity contribution in [3.8, 4) is 0 Å². The number of hydrogen-bond acceptors (Lipinski definition) is 3. The number of rotatable bonds is 5. The molecular weight excluding hydrogens is 238 g/mol. The topological polar surface area (TPSA) is 59.2 Å². The summed E-state index contributed by atoms with van der Waals surface area (Å²) in [6.07, 6.45) is 7.36. The average molecular weight is 261 g/mol. The van der Waals surface area contributed by atoms with Crippen LogP contribution in [0.15, 0.2) is 24.5 Å². The monoisotopic (exact) mass is 261 g/mol. The molecule has 1 heterocycles. The highest BCUT2D eigenvalue weighted by atomic mass is 16.2. The van der Waals surface area contributed by atoms with Crippen LogP contribution in [0.1, 0.15) is 31.7 Å². The number of hydrogen-bond donors (Lipinski definition) is 1. The van der Waals surface area contributed by atoms with Crippen molar-refractivity contribution in [3.63, 3.8) is 0 Å². The lowest BCUT2D eigenvalue weighted by Gasteiger charge is -2.32. The molecule has 1 aliphatic carbocycles. The van der Waals surface area contributed by atoms with Crippen molar-refractivity contribution in [3.05, 3.63) is 30.1 Å². The van der Waals surface area contributed by atoms with Gasteiger partial charge in [0.05, 0.1) is 6.42 Å². The smallest absolute Gasteiger partial charge is 0.227 e. The van der Waals surface area contributed by atoms with Gasteiger partial charge in [-0.15, -0.1) is 0 Å². The Balaban J connectivity index is 2.03.